The van der Waals surface area contributed by atoms with E-state index in [2.05, 4.69) is 32.8 Å². The van der Waals surface area contributed by atoms with Crippen molar-refractivity contribution in [2.24, 2.45) is 0 Å². The Morgan fingerprint density at radius 2 is 2.25 bits per heavy atom. The third-order valence-electron chi connectivity index (χ3n) is 2.42. The maximum atomic E-state index is 5.26. The van der Waals surface area contributed by atoms with Crippen molar-refractivity contribution in [2.75, 3.05) is 0 Å². The number of thiophene rings is 1. The Labute approximate surface area is 112 Å². The molecule has 0 fully saturated rings. The van der Waals surface area contributed by atoms with E-state index in [-0.39, 0.29) is 0 Å². The summed E-state index contributed by atoms with van der Waals surface area (Å²) in [5, 5.41) is 0. The number of rotatable bonds is 2. The molecule has 2 nitrogen and oxygen atoms in total. The molecule has 16 heavy (non-hydrogen) atoms. The van der Waals surface area contributed by atoms with E-state index in [1.54, 1.807) is 11.3 Å². The van der Waals surface area contributed by atoms with Crippen LogP contribution in [-0.4, -0.2) is 9.97 Å². The average Bonchev–Trinajstić information content (AvgIpc) is 2.69. The van der Waals surface area contributed by atoms with Crippen LogP contribution >= 0.6 is 39.5 Å². The van der Waals surface area contributed by atoms with Crippen LogP contribution in [0.5, 0.6) is 0 Å². The minimum Gasteiger partial charge on any atom is -0.342 e. The molecule has 0 unspecified atom stereocenters. The monoisotopic (exact) mass is 314 g/mol. The summed E-state index contributed by atoms with van der Waals surface area (Å²) < 4.78 is 1.79. The Morgan fingerprint density at radius 3 is 2.81 bits per heavy atom. The zero-order valence-electron chi connectivity index (χ0n) is 9.00. The van der Waals surface area contributed by atoms with E-state index in [1.807, 2.05) is 19.1 Å². The second-order valence-electron chi connectivity index (χ2n) is 3.45. The summed E-state index contributed by atoms with van der Waals surface area (Å²) in [4.78, 5) is 8.86. The van der Waals surface area contributed by atoms with Gasteiger partial charge >= 0.3 is 0 Å². The number of halogens is 1. The lowest BCUT2D eigenvalue weighted by Gasteiger charge is -2.06. The van der Waals surface area contributed by atoms with Gasteiger partial charge in [-0.25, -0.2) is 4.98 Å². The van der Waals surface area contributed by atoms with Gasteiger partial charge in [0.1, 0.15) is 10.5 Å². The van der Waals surface area contributed by atoms with Crippen molar-refractivity contribution in [1.82, 2.24) is 9.97 Å². The molecule has 2 aromatic rings. The number of nitrogens with zero attached hydrogens (tertiary/aromatic N) is 1. The van der Waals surface area contributed by atoms with Crippen LogP contribution in [0.1, 0.15) is 18.2 Å². The van der Waals surface area contributed by atoms with Crippen LogP contribution in [0.4, 0.5) is 0 Å². The third kappa shape index (κ3) is 2.26. The molecule has 2 heterocycles. The van der Waals surface area contributed by atoms with Gasteiger partial charge < -0.3 is 4.98 Å². The van der Waals surface area contributed by atoms with Gasteiger partial charge in [-0.15, -0.1) is 11.3 Å². The topological polar surface area (TPSA) is 28.7 Å². The highest BCUT2D eigenvalue weighted by Gasteiger charge is 2.07. The molecule has 1 N–H and O–H groups in total. The first-order chi connectivity index (χ1) is 7.61. The smallest absolute Gasteiger partial charge is 0.149 e. The number of H-pyrrole nitrogens is 1. The molecule has 2 rings (SSSR count). The first-order valence-electron chi connectivity index (χ1n) is 4.97. The maximum absolute atomic E-state index is 5.26. The first-order valence-corrected chi connectivity index (χ1v) is 6.99. The highest BCUT2D eigenvalue weighted by Crippen LogP contribution is 2.29. The Hall–Kier alpha value is -0.520. The fourth-order valence-corrected chi connectivity index (χ4v) is 3.04. The van der Waals surface area contributed by atoms with E-state index in [0.717, 1.165) is 26.5 Å². The third-order valence-corrected chi connectivity index (χ3v) is 4.44. The van der Waals surface area contributed by atoms with Crippen LogP contribution in [0.15, 0.2) is 15.9 Å². The Balaban J connectivity index is 2.59. The van der Waals surface area contributed by atoms with E-state index in [1.165, 1.54) is 5.69 Å². The van der Waals surface area contributed by atoms with E-state index in [0.29, 0.717) is 4.64 Å². The number of nitrogens with one attached hydrogen (secondary N) is 1. The number of hydrogen-bond donors (Lipinski definition) is 1. The molecule has 2 aromatic heterocycles. The predicted molar refractivity (Wildman–Crippen MR) is 74.5 cm³/mol. The number of aromatic amines is 1. The molecule has 5 heteroatoms. The molecular weight excluding hydrogens is 304 g/mol. The van der Waals surface area contributed by atoms with Crippen LogP contribution in [0, 0.1) is 11.6 Å². The summed E-state index contributed by atoms with van der Waals surface area (Å²) in [7, 11) is 0. The predicted octanol–water partition coefficient (Wildman–Crippen LogP) is 4.50. The van der Waals surface area contributed by atoms with E-state index >= 15 is 0 Å². The molecule has 84 valence electrons. The molecule has 0 saturated heterocycles. The lowest BCUT2D eigenvalue weighted by Crippen LogP contribution is -1.98. The Bertz CT molecular complexity index is 572. The SMILES string of the molecule is CCc1[nH]c(-c2ccc(Br)s2)nc(=S)c1C. The van der Waals surface area contributed by atoms with Gasteiger partial charge in [0.25, 0.3) is 0 Å². The molecule has 0 saturated carbocycles. The average molecular weight is 315 g/mol. The molecule has 0 aliphatic carbocycles. The van der Waals surface area contributed by atoms with Gasteiger partial charge in [0.2, 0.25) is 0 Å². The lowest BCUT2D eigenvalue weighted by molar-refractivity contribution is 0.971. The Kier molecular flexibility index (Phi) is 3.56. The standard InChI is InChI=1S/C11H11BrN2S2/c1-3-7-6(2)11(15)14-10(13-7)8-4-5-9(12)16-8/h4-5H,3H2,1-2H3,(H,13,14,15). The van der Waals surface area contributed by atoms with E-state index in [9.17, 15) is 0 Å². The van der Waals surface area contributed by atoms with Crippen molar-refractivity contribution in [1.29, 1.82) is 0 Å². The van der Waals surface area contributed by atoms with Crippen molar-refractivity contribution >= 4 is 39.5 Å². The minimum absolute atomic E-state index is 0.690. The van der Waals surface area contributed by atoms with Crippen molar-refractivity contribution in [3.8, 4) is 10.7 Å². The van der Waals surface area contributed by atoms with E-state index in [4.69, 9.17) is 12.2 Å². The zero-order chi connectivity index (χ0) is 11.7. The van der Waals surface area contributed by atoms with Crippen LogP contribution in [0.25, 0.3) is 10.7 Å². The molecule has 0 atom stereocenters. The van der Waals surface area contributed by atoms with Gasteiger partial charge in [-0.05, 0) is 41.4 Å². The normalized spacial score (nSPS) is 10.7. The summed E-state index contributed by atoms with van der Waals surface area (Å²) in [6.07, 6.45) is 0.942. The highest BCUT2D eigenvalue weighted by molar-refractivity contribution is 9.11. The zero-order valence-corrected chi connectivity index (χ0v) is 12.2. The summed E-state index contributed by atoms with van der Waals surface area (Å²) in [5.41, 5.74) is 2.25. The van der Waals surface area contributed by atoms with Gasteiger partial charge in [0.05, 0.1) is 8.66 Å². The summed E-state index contributed by atoms with van der Waals surface area (Å²) in [5.74, 6) is 0.864. The van der Waals surface area contributed by atoms with Crippen molar-refractivity contribution < 1.29 is 0 Å². The fraction of sp³-hybridized carbons (Fsp3) is 0.273. The second-order valence-corrected chi connectivity index (χ2v) is 6.30. The Morgan fingerprint density at radius 1 is 1.50 bits per heavy atom. The van der Waals surface area contributed by atoms with Crippen molar-refractivity contribution in [2.45, 2.75) is 20.3 Å². The van der Waals surface area contributed by atoms with Gasteiger partial charge in [-0.3, -0.25) is 0 Å². The molecular formula is C11H11BrN2S2. The number of aryl methyl sites for hydroxylation is 1. The van der Waals surface area contributed by atoms with E-state index < -0.39 is 0 Å². The van der Waals surface area contributed by atoms with Crippen molar-refractivity contribution in [3.05, 3.63) is 31.8 Å². The van der Waals surface area contributed by atoms with Crippen molar-refractivity contribution in [3.63, 3.8) is 0 Å². The molecule has 0 aliphatic heterocycles. The van der Waals surface area contributed by atoms with Crippen LogP contribution in [0.2, 0.25) is 0 Å². The number of hydrogen-bond acceptors (Lipinski definition) is 3. The molecule has 0 radical (unpaired) electrons. The quantitative estimate of drug-likeness (QED) is 0.827. The lowest BCUT2D eigenvalue weighted by atomic mass is 10.2. The highest BCUT2D eigenvalue weighted by atomic mass is 79.9. The number of aromatic nitrogens is 2. The molecule has 0 aromatic carbocycles. The summed E-state index contributed by atoms with van der Waals surface area (Å²) >= 11 is 10.4. The molecule has 0 spiro atoms. The van der Waals surface area contributed by atoms with Gasteiger partial charge in [0, 0.05) is 11.3 Å². The fourth-order valence-electron chi connectivity index (χ4n) is 1.49. The van der Waals surface area contributed by atoms with Gasteiger partial charge in [-0.1, -0.05) is 19.1 Å². The summed E-state index contributed by atoms with van der Waals surface area (Å²) in [6.45, 7) is 4.13. The largest absolute Gasteiger partial charge is 0.342 e. The van der Waals surface area contributed by atoms with Crippen LogP contribution in [0.3, 0.4) is 0 Å². The maximum Gasteiger partial charge on any atom is 0.149 e. The minimum atomic E-state index is 0.690. The summed E-state index contributed by atoms with van der Waals surface area (Å²) in [6, 6.07) is 4.06. The first kappa shape index (κ1) is 12.0. The van der Waals surface area contributed by atoms with Crippen LogP contribution < -0.4 is 0 Å². The van der Waals surface area contributed by atoms with Gasteiger partial charge in [0.15, 0.2) is 0 Å². The molecule has 0 amide bonds. The second kappa shape index (κ2) is 4.77. The molecule has 0 bridgehead atoms. The van der Waals surface area contributed by atoms with Gasteiger partial charge in [-0.2, -0.15) is 0 Å². The van der Waals surface area contributed by atoms with Crippen LogP contribution in [-0.2, 0) is 6.42 Å². The molecule has 0 aliphatic rings.